The molecule has 0 saturated heterocycles. The molecule has 1 aliphatic rings. The molecule has 0 saturated carbocycles. The Kier molecular flexibility index (Phi) is 4.16. The Morgan fingerprint density at radius 1 is 1.29 bits per heavy atom. The summed E-state index contributed by atoms with van der Waals surface area (Å²) in [4.78, 5) is 3.71. The van der Waals surface area contributed by atoms with Crippen LogP contribution in [-0.2, 0) is 12.0 Å². The molecule has 2 N–H and O–H groups in total. The minimum Gasteiger partial charge on any atom is -0.357 e. The van der Waals surface area contributed by atoms with Crippen molar-refractivity contribution in [1.29, 1.82) is 0 Å². The van der Waals surface area contributed by atoms with Gasteiger partial charge >= 0.3 is 0 Å². The third kappa shape index (κ3) is 2.53. The maximum absolute atomic E-state index is 4.00. The summed E-state index contributed by atoms with van der Waals surface area (Å²) in [5.41, 5.74) is 4.26. The third-order valence-electron chi connectivity index (χ3n) is 4.83. The van der Waals surface area contributed by atoms with Crippen LogP contribution in [0.25, 0.3) is 10.9 Å². The van der Waals surface area contributed by atoms with Crippen LogP contribution in [0.2, 0.25) is 0 Å². The molecule has 2 aromatic rings. The molecule has 0 radical (unpaired) electrons. The van der Waals surface area contributed by atoms with Gasteiger partial charge in [-0.2, -0.15) is 0 Å². The van der Waals surface area contributed by atoms with Crippen LogP contribution in [0.15, 0.2) is 36.9 Å². The summed E-state index contributed by atoms with van der Waals surface area (Å²) in [7, 11) is 0. The van der Waals surface area contributed by atoms with Crippen molar-refractivity contribution in [2.45, 2.75) is 51.0 Å². The van der Waals surface area contributed by atoms with E-state index in [0.29, 0.717) is 0 Å². The number of fused-ring (bicyclic) bond motifs is 3. The Morgan fingerprint density at radius 2 is 2.14 bits per heavy atom. The minimum atomic E-state index is 0.0591. The van der Waals surface area contributed by atoms with Gasteiger partial charge in [-0.3, -0.25) is 0 Å². The van der Waals surface area contributed by atoms with Crippen molar-refractivity contribution >= 4 is 10.9 Å². The molecule has 1 aliphatic heterocycles. The quantitative estimate of drug-likeness (QED) is 0.585. The van der Waals surface area contributed by atoms with Crippen LogP contribution in [0.5, 0.6) is 0 Å². The molecule has 1 aromatic heterocycles. The van der Waals surface area contributed by atoms with Gasteiger partial charge in [0.25, 0.3) is 0 Å². The molecule has 0 amide bonds. The van der Waals surface area contributed by atoms with Gasteiger partial charge in [0.1, 0.15) is 0 Å². The Labute approximate surface area is 127 Å². The molecule has 1 unspecified atom stereocenters. The second-order valence-electron chi connectivity index (χ2n) is 6.23. The monoisotopic (exact) mass is 282 g/mol. The van der Waals surface area contributed by atoms with E-state index in [1.54, 1.807) is 0 Å². The van der Waals surface area contributed by atoms with Crippen LogP contribution < -0.4 is 5.32 Å². The summed E-state index contributed by atoms with van der Waals surface area (Å²) in [5.74, 6) is 0. The number of aromatic nitrogens is 1. The Bertz CT molecular complexity index is 626. The lowest BCUT2D eigenvalue weighted by molar-refractivity contribution is 0.279. The topological polar surface area (TPSA) is 27.8 Å². The lowest BCUT2D eigenvalue weighted by atomic mass is 9.80. The highest BCUT2D eigenvalue weighted by Crippen LogP contribution is 2.39. The number of benzene rings is 1. The van der Waals surface area contributed by atoms with Crippen LogP contribution in [0.3, 0.4) is 0 Å². The molecule has 2 heterocycles. The first-order chi connectivity index (χ1) is 10.3. The fraction of sp³-hybridized carbons (Fsp3) is 0.474. The van der Waals surface area contributed by atoms with Crippen LogP contribution >= 0.6 is 0 Å². The number of nitrogens with one attached hydrogen (secondary N) is 2. The number of aromatic amines is 1. The molecule has 112 valence electrons. The van der Waals surface area contributed by atoms with E-state index in [2.05, 4.69) is 54.1 Å². The van der Waals surface area contributed by atoms with Crippen molar-refractivity contribution < 1.29 is 0 Å². The maximum atomic E-state index is 4.00. The highest BCUT2D eigenvalue weighted by Gasteiger charge is 2.36. The summed E-state index contributed by atoms with van der Waals surface area (Å²) in [6.45, 7) is 7.33. The van der Waals surface area contributed by atoms with E-state index in [-0.39, 0.29) is 5.54 Å². The molecule has 0 spiro atoms. The van der Waals surface area contributed by atoms with Gasteiger partial charge in [0.15, 0.2) is 0 Å². The van der Waals surface area contributed by atoms with Crippen molar-refractivity contribution in [2.75, 3.05) is 6.54 Å². The van der Waals surface area contributed by atoms with E-state index in [4.69, 9.17) is 0 Å². The summed E-state index contributed by atoms with van der Waals surface area (Å²) >= 11 is 0. The number of hydrogen-bond acceptors (Lipinski definition) is 1. The van der Waals surface area contributed by atoms with Gasteiger partial charge in [-0.15, -0.1) is 6.58 Å². The largest absolute Gasteiger partial charge is 0.357 e. The van der Waals surface area contributed by atoms with Crippen molar-refractivity contribution in [1.82, 2.24) is 10.3 Å². The van der Waals surface area contributed by atoms with Gasteiger partial charge in [0.2, 0.25) is 0 Å². The predicted octanol–water partition coefficient (Wildman–Crippen LogP) is 4.67. The smallest absolute Gasteiger partial charge is 0.0624 e. The number of hydrogen-bond donors (Lipinski definition) is 2. The lowest BCUT2D eigenvalue weighted by Gasteiger charge is -2.38. The zero-order chi connectivity index (χ0) is 14.7. The van der Waals surface area contributed by atoms with Gasteiger partial charge in [0.05, 0.1) is 5.54 Å². The molecule has 21 heavy (non-hydrogen) atoms. The first-order valence-corrected chi connectivity index (χ1v) is 8.27. The Morgan fingerprint density at radius 3 is 2.95 bits per heavy atom. The van der Waals surface area contributed by atoms with Gasteiger partial charge in [-0.1, -0.05) is 50.5 Å². The molecule has 2 heteroatoms. The number of para-hydroxylation sites is 1. The fourth-order valence-corrected chi connectivity index (χ4v) is 3.80. The van der Waals surface area contributed by atoms with E-state index >= 15 is 0 Å². The second kappa shape index (κ2) is 6.07. The molecule has 1 aromatic carbocycles. The highest BCUT2D eigenvalue weighted by atomic mass is 15.0. The van der Waals surface area contributed by atoms with E-state index in [1.165, 1.54) is 47.8 Å². The van der Waals surface area contributed by atoms with Crippen molar-refractivity contribution in [3.63, 3.8) is 0 Å². The lowest BCUT2D eigenvalue weighted by Crippen LogP contribution is -2.47. The average molecular weight is 282 g/mol. The molecule has 0 bridgehead atoms. The van der Waals surface area contributed by atoms with Gasteiger partial charge in [-0.05, 0) is 30.9 Å². The van der Waals surface area contributed by atoms with Gasteiger partial charge in [-0.25, -0.2) is 0 Å². The number of H-pyrrole nitrogens is 1. The van der Waals surface area contributed by atoms with E-state index in [0.717, 1.165) is 19.4 Å². The molecule has 1 atom stereocenters. The summed E-state index contributed by atoms with van der Waals surface area (Å²) in [5, 5.41) is 5.21. The van der Waals surface area contributed by atoms with Crippen molar-refractivity contribution in [2.24, 2.45) is 0 Å². The van der Waals surface area contributed by atoms with Crippen LogP contribution in [-0.4, -0.2) is 11.5 Å². The maximum Gasteiger partial charge on any atom is 0.0624 e. The summed E-state index contributed by atoms with van der Waals surface area (Å²) in [6.07, 6.45) is 9.21. The third-order valence-corrected chi connectivity index (χ3v) is 4.83. The zero-order valence-electron chi connectivity index (χ0n) is 13.0. The zero-order valence-corrected chi connectivity index (χ0v) is 13.0. The molecule has 0 fully saturated rings. The van der Waals surface area contributed by atoms with Crippen LogP contribution in [0.1, 0.15) is 50.3 Å². The molecular weight excluding hydrogens is 256 g/mol. The van der Waals surface area contributed by atoms with E-state index < -0.39 is 0 Å². The summed E-state index contributed by atoms with van der Waals surface area (Å²) in [6, 6.07) is 8.70. The molecule has 3 rings (SSSR count). The Hall–Kier alpha value is -1.54. The van der Waals surface area contributed by atoms with Crippen molar-refractivity contribution in [3.05, 3.63) is 48.2 Å². The Balaban J connectivity index is 2.04. The summed E-state index contributed by atoms with van der Waals surface area (Å²) < 4.78 is 0. The van der Waals surface area contributed by atoms with Crippen molar-refractivity contribution in [3.8, 4) is 0 Å². The minimum absolute atomic E-state index is 0.0591. The van der Waals surface area contributed by atoms with Gasteiger partial charge < -0.3 is 10.3 Å². The van der Waals surface area contributed by atoms with E-state index in [1.807, 2.05) is 0 Å². The second-order valence-corrected chi connectivity index (χ2v) is 6.23. The van der Waals surface area contributed by atoms with Gasteiger partial charge in [0, 0.05) is 23.1 Å². The first-order valence-electron chi connectivity index (χ1n) is 8.27. The molecule has 2 nitrogen and oxygen atoms in total. The molecule has 0 aliphatic carbocycles. The SMILES string of the molecule is C=CCC1(CCCCC)NCCc2c1[nH]c1ccccc21. The standard InChI is InChI=1S/C19H26N2/c1-3-5-8-13-19(12-4-2)18-16(11-14-20-19)15-9-6-7-10-17(15)21-18/h4,6-7,9-10,20-21H,2-3,5,8,11-14H2,1H3. The fourth-order valence-electron chi connectivity index (χ4n) is 3.80. The average Bonchev–Trinajstić information content (AvgIpc) is 2.88. The number of unbranched alkanes of at least 4 members (excludes halogenated alkanes) is 2. The first kappa shape index (κ1) is 14.4. The highest BCUT2D eigenvalue weighted by molar-refractivity contribution is 5.85. The predicted molar refractivity (Wildman–Crippen MR) is 90.6 cm³/mol. The van der Waals surface area contributed by atoms with E-state index in [9.17, 15) is 0 Å². The van der Waals surface area contributed by atoms with Crippen LogP contribution in [0.4, 0.5) is 0 Å². The molecular formula is C19H26N2. The van der Waals surface area contributed by atoms with Crippen LogP contribution in [0, 0.1) is 0 Å². The number of rotatable bonds is 6. The normalized spacial score (nSPS) is 21.4.